The first-order valence-corrected chi connectivity index (χ1v) is 7.23. The van der Waals surface area contributed by atoms with E-state index in [1.807, 2.05) is 42.5 Å². The first-order chi connectivity index (χ1) is 10.1. The minimum Gasteiger partial charge on any atom is -0.478 e. The van der Waals surface area contributed by atoms with Gasteiger partial charge in [-0.05, 0) is 24.3 Å². The normalized spacial score (nSPS) is 11.5. The number of hydrogen-bond donors (Lipinski definition) is 2. The maximum Gasteiger partial charge on any atom is 0.338 e. The zero-order valence-corrected chi connectivity index (χ0v) is 12.4. The number of para-hydroxylation sites is 1. The van der Waals surface area contributed by atoms with Crippen LogP contribution in [-0.2, 0) is 0 Å². The van der Waals surface area contributed by atoms with E-state index in [1.54, 1.807) is 0 Å². The van der Waals surface area contributed by atoms with Crippen LogP contribution in [0.1, 0.15) is 10.4 Å². The molecule has 0 saturated carbocycles. The number of aromatic amines is 2. The molecule has 4 rings (SSSR count). The summed E-state index contributed by atoms with van der Waals surface area (Å²) in [6, 6.07) is 13.4. The molecule has 0 aliphatic carbocycles. The molecule has 0 saturated heterocycles. The molecule has 0 amide bonds. The summed E-state index contributed by atoms with van der Waals surface area (Å²) in [7, 11) is 0. The molecule has 0 bridgehead atoms. The molecule has 0 aliphatic heterocycles. The van der Waals surface area contributed by atoms with Crippen molar-refractivity contribution < 1.29 is 14.9 Å². The van der Waals surface area contributed by atoms with E-state index >= 15 is 0 Å². The molecule has 4 nitrogen and oxygen atoms in total. The lowest BCUT2D eigenvalue weighted by Crippen LogP contribution is -2.10. The van der Waals surface area contributed by atoms with Gasteiger partial charge in [0, 0.05) is 10.5 Å². The van der Waals surface area contributed by atoms with Crippen LogP contribution in [0, 0.1) is 0 Å². The molecule has 0 atom stereocenters. The van der Waals surface area contributed by atoms with Crippen LogP contribution in [0.15, 0.2) is 46.9 Å². The Morgan fingerprint density at radius 1 is 1.14 bits per heavy atom. The molecule has 0 spiro atoms. The molecule has 0 fully saturated rings. The molecule has 102 valence electrons. The van der Waals surface area contributed by atoms with Crippen molar-refractivity contribution >= 4 is 54.7 Å². The summed E-state index contributed by atoms with van der Waals surface area (Å²) in [4.78, 5) is 18.3. The predicted octanol–water partition coefficient (Wildman–Crippen LogP) is 3.75. The standard InChI is InChI=1S/C16H9BrN2O2/c17-8-5-6-12-10(7-8)13(16(20)21)15-14(18-12)9-3-1-2-4-11(9)19-15/h1-7,19H,(H,20,21)/p+1. The van der Waals surface area contributed by atoms with Gasteiger partial charge in [0.05, 0.1) is 16.3 Å². The molecule has 0 unspecified atom stereocenters. The quantitative estimate of drug-likeness (QED) is 0.553. The van der Waals surface area contributed by atoms with Gasteiger partial charge in [0.15, 0.2) is 0 Å². The van der Waals surface area contributed by atoms with Crippen molar-refractivity contribution in [1.82, 2.24) is 4.98 Å². The molecule has 0 aliphatic rings. The Morgan fingerprint density at radius 3 is 2.76 bits per heavy atom. The Hall–Kier alpha value is -2.40. The molecule has 21 heavy (non-hydrogen) atoms. The second-order valence-electron chi connectivity index (χ2n) is 4.92. The van der Waals surface area contributed by atoms with E-state index in [0.717, 1.165) is 26.4 Å². The summed E-state index contributed by atoms with van der Waals surface area (Å²) in [6.45, 7) is 0. The van der Waals surface area contributed by atoms with Crippen molar-refractivity contribution in [2.24, 2.45) is 0 Å². The third-order valence-electron chi connectivity index (χ3n) is 3.68. The fourth-order valence-corrected chi connectivity index (χ4v) is 3.14. The van der Waals surface area contributed by atoms with E-state index in [4.69, 9.17) is 0 Å². The van der Waals surface area contributed by atoms with Crippen LogP contribution in [0.4, 0.5) is 0 Å². The smallest absolute Gasteiger partial charge is 0.338 e. The minimum absolute atomic E-state index is 0.288. The predicted molar refractivity (Wildman–Crippen MR) is 84.5 cm³/mol. The van der Waals surface area contributed by atoms with Crippen molar-refractivity contribution in [3.63, 3.8) is 0 Å². The molecule has 3 N–H and O–H groups in total. The number of nitrogens with one attached hydrogen (secondary N) is 2. The van der Waals surface area contributed by atoms with Gasteiger partial charge in [0.1, 0.15) is 11.1 Å². The number of H-pyrrole nitrogens is 2. The van der Waals surface area contributed by atoms with Gasteiger partial charge in [-0.15, -0.1) is 0 Å². The lowest BCUT2D eigenvalue weighted by molar-refractivity contribution is -0.309. The summed E-state index contributed by atoms with van der Waals surface area (Å²) < 4.78 is 0.848. The monoisotopic (exact) mass is 341 g/mol. The van der Waals surface area contributed by atoms with Crippen molar-refractivity contribution in [2.75, 3.05) is 0 Å². The maximum absolute atomic E-state index is 11.8. The highest BCUT2D eigenvalue weighted by molar-refractivity contribution is 9.10. The number of benzene rings is 2. The molecule has 5 heteroatoms. The Balaban J connectivity index is 2.32. The van der Waals surface area contributed by atoms with E-state index in [0.29, 0.717) is 10.9 Å². The Bertz CT molecular complexity index is 1040. The van der Waals surface area contributed by atoms with Crippen LogP contribution < -0.4 is 4.98 Å². The third-order valence-corrected chi connectivity index (χ3v) is 4.17. The van der Waals surface area contributed by atoms with Gasteiger partial charge in [0.25, 0.3) is 0 Å². The van der Waals surface area contributed by atoms with E-state index in [1.165, 1.54) is 0 Å². The second kappa shape index (κ2) is 4.30. The molecule has 2 aromatic carbocycles. The number of carboxylic acid groups (broad SMARTS) is 1. The molecule has 2 aromatic heterocycles. The van der Waals surface area contributed by atoms with Crippen LogP contribution in [0.3, 0.4) is 0 Å². The van der Waals surface area contributed by atoms with Crippen LogP contribution >= 0.6 is 15.9 Å². The molecular formula is C16H10BrN2O2+. The Kier molecular flexibility index (Phi) is 2.53. The fourth-order valence-electron chi connectivity index (χ4n) is 2.78. The van der Waals surface area contributed by atoms with E-state index in [-0.39, 0.29) is 5.56 Å². The Morgan fingerprint density at radius 2 is 1.95 bits per heavy atom. The van der Waals surface area contributed by atoms with Crippen molar-refractivity contribution in [3.8, 4) is 0 Å². The highest BCUT2D eigenvalue weighted by atomic mass is 79.9. The van der Waals surface area contributed by atoms with Gasteiger partial charge in [-0.25, -0.2) is 9.78 Å². The maximum atomic E-state index is 11.8. The SMILES string of the molecule is O=C(O)c1c2cc(Br)ccc2[nH+]c2c1[nH]c1ccccc12. The Labute approximate surface area is 127 Å². The lowest BCUT2D eigenvalue weighted by Gasteiger charge is -2.00. The van der Waals surface area contributed by atoms with Gasteiger partial charge >= 0.3 is 5.97 Å². The summed E-state index contributed by atoms with van der Waals surface area (Å²) >= 11 is 3.40. The number of aromatic nitrogens is 2. The van der Waals surface area contributed by atoms with Crippen molar-refractivity contribution in [3.05, 3.63) is 52.5 Å². The highest BCUT2D eigenvalue weighted by Crippen LogP contribution is 2.29. The first-order valence-electron chi connectivity index (χ1n) is 6.43. The topological polar surface area (TPSA) is 67.2 Å². The largest absolute Gasteiger partial charge is 0.478 e. The summed E-state index contributed by atoms with van der Waals surface area (Å²) in [6.07, 6.45) is 0. The summed E-state index contributed by atoms with van der Waals surface area (Å²) in [5, 5.41) is 11.3. The number of fused-ring (bicyclic) bond motifs is 4. The zero-order valence-electron chi connectivity index (χ0n) is 10.8. The number of carboxylic acids is 1. The van der Waals surface area contributed by atoms with Crippen LogP contribution in [0.25, 0.3) is 32.8 Å². The van der Waals surface area contributed by atoms with Gasteiger partial charge in [0.2, 0.25) is 11.0 Å². The second-order valence-corrected chi connectivity index (χ2v) is 5.83. The van der Waals surface area contributed by atoms with Gasteiger partial charge < -0.3 is 10.1 Å². The molecular weight excluding hydrogens is 332 g/mol. The number of carbonyl (C=O) groups is 1. The van der Waals surface area contributed by atoms with Crippen molar-refractivity contribution in [1.29, 1.82) is 0 Å². The molecule has 0 radical (unpaired) electrons. The summed E-state index contributed by atoms with van der Waals surface area (Å²) in [5.74, 6) is -0.941. The van der Waals surface area contributed by atoms with E-state index in [9.17, 15) is 9.90 Å². The number of rotatable bonds is 1. The average Bonchev–Trinajstić information content (AvgIpc) is 2.82. The average molecular weight is 342 g/mol. The fraction of sp³-hybridized carbons (Fsp3) is 0. The van der Waals surface area contributed by atoms with Crippen molar-refractivity contribution in [2.45, 2.75) is 0 Å². The third kappa shape index (κ3) is 1.74. The van der Waals surface area contributed by atoms with Crippen LogP contribution in [-0.4, -0.2) is 16.1 Å². The van der Waals surface area contributed by atoms with E-state index < -0.39 is 5.97 Å². The number of aromatic carboxylic acids is 1. The highest BCUT2D eigenvalue weighted by Gasteiger charge is 2.23. The number of halogens is 1. The number of hydrogen-bond acceptors (Lipinski definition) is 1. The zero-order chi connectivity index (χ0) is 14.6. The summed E-state index contributed by atoms with van der Waals surface area (Å²) in [5.41, 5.74) is 3.44. The van der Waals surface area contributed by atoms with Crippen LogP contribution in [0.5, 0.6) is 0 Å². The van der Waals surface area contributed by atoms with Crippen LogP contribution in [0.2, 0.25) is 0 Å². The molecule has 4 aromatic rings. The van der Waals surface area contributed by atoms with E-state index in [2.05, 4.69) is 25.9 Å². The van der Waals surface area contributed by atoms with Gasteiger partial charge in [-0.1, -0.05) is 28.1 Å². The lowest BCUT2D eigenvalue weighted by atomic mass is 10.1. The first kappa shape index (κ1) is 12.3. The van der Waals surface area contributed by atoms with Gasteiger partial charge in [-0.3, -0.25) is 0 Å². The van der Waals surface area contributed by atoms with Gasteiger partial charge in [-0.2, -0.15) is 0 Å². The number of pyridine rings is 1. The minimum atomic E-state index is -0.941. The molecule has 2 heterocycles.